The molecule has 1 fully saturated rings. The zero-order valence-corrected chi connectivity index (χ0v) is 27.2. The highest BCUT2D eigenvalue weighted by molar-refractivity contribution is 8.04. The molecule has 3 atom stereocenters. The van der Waals surface area contributed by atoms with E-state index in [4.69, 9.17) is 10.5 Å². The van der Waals surface area contributed by atoms with Crippen LogP contribution in [-0.4, -0.2) is 81.8 Å². The van der Waals surface area contributed by atoms with E-state index in [1.807, 2.05) is 36.4 Å². The second kappa shape index (κ2) is 16.1. The number of amides is 4. The number of piperidine rings is 1. The Bertz CT molecular complexity index is 1620. The number of thioether (sulfide) groups is 1. The van der Waals surface area contributed by atoms with Gasteiger partial charge in [0.1, 0.15) is 17.8 Å². The van der Waals surface area contributed by atoms with Gasteiger partial charge in [-0.15, -0.1) is 11.8 Å². The Morgan fingerprint density at radius 2 is 1.76 bits per heavy atom. The molecule has 6 N–H and O–H groups in total. The number of hydrogen-bond donors (Lipinski definition) is 5. The topological polar surface area (TPSA) is 188 Å². The average Bonchev–Trinajstić information content (AvgIpc) is 3.03. The highest BCUT2D eigenvalue weighted by Crippen LogP contribution is 2.38. The van der Waals surface area contributed by atoms with Crippen LogP contribution in [0.25, 0.3) is 10.8 Å². The smallest absolute Gasteiger partial charge is 0.335 e. The fourth-order valence-corrected chi connectivity index (χ4v) is 7.36. The number of nitrogens with two attached hydrogens (primary N) is 1. The number of carbonyl (C=O) groups excluding carboxylic acids is 4. The van der Waals surface area contributed by atoms with Crippen molar-refractivity contribution in [2.75, 3.05) is 31.4 Å². The second-order valence-electron chi connectivity index (χ2n) is 11.1. The van der Waals surface area contributed by atoms with Crippen molar-refractivity contribution in [2.45, 2.75) is 43.7 Å². The number of likely N-dealkylation sites (tertiary alicyclic amines) is 1. The van der Waals surface area contributed by atoms with Crippen molar-refractivity contribution >= 4 is 53.8 Å². The number of nitrogens with zero attached hydrogens (tertiary/aromatic N) is 1. The summed E-state index contributed by atoms with van der Waals surface area (Å²) in [5, 5.41) is 7.45. The molecule has 3 aromatic carbocycles. The van der Waals surface area contributed by atoms with E-state index in [-0.39, 0.29) is 25.3 Å². The molecule has 0 bridgehead atoms. The second-order valence-corrected chi connectivity index (χ2v) is 14.2. The largest absolute Gasteiger partial charge is 0.496 e. The molecule has 0 spiro atoms. The van der Waals surface area contributed by atoms with Crippen molar-refractivity contribution in [1.29, 1.82) is 0 Å². The Kier molecular flexibility index (Phi) is 12.2. The molecule has 1 aliphatic heterocycles. The summed E-state index contributed by atoms with van der Waals surface area (Å²) in [6.45, 7) is 0.186. The summed E-state index contributed by atoms with van der Waals surface area (Å²) in [4.78, 5) is 73.0. The summed E-state index contributed by atoms with van der Waals surface area (Å²) >= 11 is 0.840. The summed E-state index contributed by atoms with van der Waals surface area (Å²) in [6.07, 6.45) is 1.59. The zero-order chi connectivity index (χ0) is 33.3. The molecule has 14 heteroatoms. The summed E-state index contributed by atoms with van der Waals surface area (Å²) in [5.41, 5.74) is 6.45. The van der Waals surface area contributed by atoms with E-state index in [0.717, 1.165) is 22.5 Å². The number of primary amides is 1. The number of nitrogens with one attached hydrogen (secondary N) is 2. The first-order chi connectivity index (χ1) is 22.0. The Labute approximate surface area is 271 Å². The van der Waals surface area contributed by atoms with Crippen LogP contribution in [0.2, 0.25) is 0 Å². The lowest BCUT2D eigenvalue weighted by Crippen LogP contribution is -2.58. The van der Waals surface area contributed by atoms with Gasteiger partial charge in [-0.05, 0) is 41.7 Å². The summed E-state index contributed by atoms with van der Waals surface area (Å²) in [6, 6.07) is 18.2. The Hall–Kier alpha value is -3.90. The van der Waals surface area contributed by atoms with Gasteiger partial charge in [0.15, 0.2) is 0 Å². The third-order valence-electron chi connectivity index (χ3n) is 7.81. The SMILES string of the molecule is COc1ccccc1CC(=O)NC(CSCP(=O)(O)O)C(=O)N1CCCCC1C(=O)NCC(C(N)=O)c1ccc2ccccc2c1. The molecule has 1 heterocycles. The van der Waals surface area contributed by atoms with E-state index < -0.39 is 54.7 Å². The van der Waals surface area contributed by atoms with Gasteiger partial charge in [-0.3, -0.25) is 23.7 Å². The number of rotatable bonds is 14. The van der Waals surface area contributed by atoms with E-state index in [0.29, 0.717) is 36.1 Å². The van der Waals surface area contributed by atoms with Crippen LogP contribution in [0.1, 0.15) is 36.3 Å². The van der Waals surface area contributed by atoms with Gasteiger partial charge in [0, 0.05) is 24.4 Å². The monoisotopic (exact) mass is 670 g/mol. The van der Waals surface area contributed by atoms with Crippen LogP contribution in [-0.2, 0) is 30.2 Å². The van der Waals surface area contributed by atoms with E-state index in [9.17, 15) is 33.5 Å². The van der Waals surface area contributed by atoms with Crippen molar-refractivity contribution in [3.63, 3.8) is 0 Å². The van der Waals surface area contributed by atoms with Crippen molar-refractivity contribution in [3.8, 4) is 5.75 Å². The van der Waals surface area contributed by atoms with E-state index >= 15 is 0 Å². The molecule has 1 aliphatic rings. The molecular weight excluding hydrogens is 631 g/mol. The number of para-hydroxylation sites is 1. The Balaban J connectivity index is 1.48. The zero-order valence-electron chi connectivity index (χ0n) is 25.5. The van der Waals surface area contributed by atoms with Crippen LogP contribution in [0.4, 0.5) is 0 Å². The number of ether oxygens (including phenoxy) is 1. The fourth-order valence-electron chi connectivity index (χ4n) is 5.53. The highest BCUT2D eigenvalue weighted by Gasteiger charge is 2.37. The minimum absolute atomic E-state index is 0.0672. The third-order valence-corrected chi connectivity index (χ3v) is 10.5. The first-order valence-electron chi connectivity index (χ1n) is 14.9. The molecule has 0 aliphatic carbocycles. The first-order valence-corrected chi connectivity index (χ1v) is 17.8. The van der Waals surface area contributed by atoms with Gasteiger partial charge >= 0.3 is 7.60 Å². The number of fused-ring (bicyclic) bond motifs is 1. The van der Waals surface area contributed by atoms with Crippen LogP contribution in [0.3, 0.4) is 0 Å². The first kappa shape index (κ1) is 35.0. The van der Waals surface area contributed by atoms with Gasteiger partial charge in [0.2, 0.25) is 23.6 Å². The van der Waals surface area contributed by atoms with Gasteiger partial charge in [0.25, 0.3) is 0 Å². The van der Waals surface area contributed by atoms with Crippen LogP contribution >= 0.6 is 19.4 Å². The maximum absolute atomic E-state index is 13.9. The molecule has 0 saturated carbocycles. The van der Waals surface area contributed by atoms with Crippen molar-refractivity contribution in [2.24, 2.45) is 5.73 Å². The summed E-state index contributed by atoms with van der Waals surface area (Å²) < 4.78 is 16.8. The van der Waals surface area contributed by atoms with Gasteiger partial charge in [-0.1, -0.05) is 60.7 Å². The van der Waals surface area contributed by atoms with E-state index in [1.54, 1.807) is 30.3 Å². The van der Waals surface area contributed by atoms with E-state index in [2.05, 4.69) is 10.6 Å². The normalized spacial score (nSPS) is 16.3. The van der Waals surface area contributed by atoms with Crippen LogP contribution in [0, 0.1) is 0 Å². The number of methoxy groups -OCH3 is 1. The predicted octanol–water partition coefficient (Wildman–Crippen LogP) is 2.51. The van der Waals surface area contributed by atoms with Crippen LogP contribution < -0.4 is 21.1 Å². The summed E-state index contributed by atoms with van der Waals surface area (Å²) in [7, 11) is -2.89. The standard InChI is InChI=1S/C32H39N4O8PS/c1-44-28-12-5-4-10-24(28)17-29(37)35-26(19-46-20-45(41,42)43)32(40)36-15-7-6-11-27(36)31(39)34-18-25(30(33)38)23-14-13-21-8-2-3-9-22(21)16-23/h2-5,8-10,12-14,16,25-27H,6-7,11,15,17-20H2,1H3,(H2,33,38)(H,34,39)(H,35,37)(H2,41,42,43). The molecule has 3 unspecified atom stereocenters. The number of benzene rings is 3. The Morgan fingerprint density at radius 3 is 2.48 bits per heavy atom. The lowest BCUT2D eigenvalue weighted by molar-refractivity contribution is -0.144. The van der Waals surface area contributed by atoms with Crippen molar-refractivity contribution < 1.29 is 38.3 Å². The number of carbonyl (C=O) groups is 4. The van der Waals surface area contributed by atoms with Crippen LogP contribution in [0.5, 0.6) is 5.75 Å². The van der Waals surface area contributed by atoms with Crippen LogP contribution in [0.15, 0.2) is 66.7 Å². The van der Waals surface area contributed by atoms with Gasteiger partial charge in [0.05, 0.1) is 24.9 Å². The Morgan fingerprint density at radius 1 is 1.04 bits per heavy atom. The van der Waals surface area contributed by atoms with Crippen molar-refractivity contribution in [3.05, 3.63) is 77.9 Å². The molecule has 12 nitrogen and oxygen atoms in total. The molecular formula is C32H39N4O8PS. The minimum atomic E-state index is -4.37. The maximum atomic E-state index is 13.9. The fraction of sp³-hybridized carbons (Fsp3) is 0.375. The van der Waals surface area contributed by atoms with Crippen molar-refractivity contribution in [1.82, 2.24) is 15.5 Å². The summed E-state index contributed by atoms with van der Waals surface area (Å²) in [5.74, 6) is -2.49. The maximum Gasteiger partial charge on any atom is 0.335 e. The molecule has 1 saturated heterocycles. The van der Waals surface area contributed by atoms with E-state index in [1.165, 1.54) is 12.0 Å². The molecule has 46 heavy (non-hydrogen) atoms. The third kappa shape index (κ3) is 9.56. The molecule has 0 radical (unpaired) electrons. The predicted molar refractivity (Wildman–Crippen MR) is 176 cm³/mol. The quantitative estimate of drug-likeness (QED) is 0.161. The molecule has 4 amide bonds. The molecule has 0 aromatic heterocycles. The van der Waals surface area contributed by atoms with Gasteiger partial charge < -0.3 is 35.8 Å². The lowest BCUT2D eigenvalue weighted by Gasteiger charge is -2.37. The van der Waals surface area contributed by atoms with Gasteiger partial charge in [-0.25, -0.2) is 0 Å². The van der Waals surface area contributed by atoms with Gasteiger partial charge in [-0.2, -0.15) is 0 Å². The minimum Gasteiger partial charge on any atom is -0.496 e. The molecule has 3 aromatic rings. The number of hydrogen-bond acceptors (Lipinski definition) is 7. The average molecular weight is 671 g/mol. The molecule has 246 valence electrons. The molecule has 4 rings (SSSR count). The lowest BCUT2D eigenvalue weighted by atomic mass is 9.95. The highest BCUT2D eigenvalue weighted by atomic mass is 32.2.